The van der Waals surface area contributed by atoms with Gasteiger partial charge in [0, 0.05) is 44.3 Å². The van der Waals surface area contributed by atoms with Gasteiger partial charge in [-0.15, -0.1) is 0 Å². The van der Waals surface area contributed by atoms with Gasteiger partial charge in [-0.25, -0.2) is 0 Å². The number of rotatable bonds is 2. The quantitative estimate of drug-likeness (QED) is 0.856. The van der Waals surface area contributed by atoms with Gasteiger partial charge in [-0.1, -0.05) is 29.8 Å². The molecule has 0 unspecified atom stereocenters. The molecule has 1 fully saturated rings. The van der Waals surface area contributed by atoms with E-state index in [2.05, 4.69) is 22.0 Å². The van der Waals surface area contributed by atoms with Crippen molar-refractivity contribution in [1.29, 1.82) is 0 Å². The smallest absolute Gasteiger partial charge is 0.255 e. The molecule has 0 saturated carbocycles. The maximum absolute atomic E-state index is 12.5. The standard InChI is InChI=1S/C16H16ClN3O/c17-15-12-18-7-6-14(15)16(21)20-10-8-19(9-11-20)13-4-2-1-3-5-13/h1-7,12H,8-11H2. The molecule has 1 aromatic heterocycles. The summed E-state index contributed by atoms with van der Waals surface area (Å²) in [5.74, 6) is -0.0184. The van der Waals surface area contributed by atoms with Gasteiger partial charge in [-0.05, 0) is 18.2 Å². The molecule has 0 atom stereocenters. The van der Waals surface area contributed by atoms with Gasteiger partial charge in [0.2, 0.25) is 0 Å². The van der Waals surface area contributed by atoms with E-state index in [0.29, 0.717) is 23.7 Å². The Labute approximate surface area is 129 Å². The fraction of sp³-hybridized carbons (Fsp3) is 0.250. The minimum atomic E-state index is -0.0184. The van der Waals surface area contributed by atoms with Crippen LogP contribution in [0, 0.1) is 0 Å². The summed E-state index contributed by atoms with van der Waals surface area (Å²) in [6, 6.07) is 11.9. The van der Waals surface area contributed by atoms with Crippen molar-refractivity contribution in [2.45, 2.75) is 0 Å². The Morgan fingerprint density at radius 2 is 1.76 bits per heavy atom. The summed E-state index contributed by atoms with van der Waals surface area (Å²) in [6.07, 6.45) is 3.11. The van der Waals surface area contributed by atoms with Gasteiger partial charge in [-0.2, -0.15) is 0 Å². The van der Waals surface area contributed by atoms with Crippen LogP contribution in [0.1, 0.15) is 10.4 Å². The Balaban J connectivity index is 1.66. The highest BCUT2D eigenvalue weighted by Gasteiger charge is 2.23. The molecule has 4 nitrogen and oxygen atoms in total. The lowest BCUT2D eigenvalue weighted by atomic mass is 10.2. The van der Waals surface area contributed by atoms with Crippen LogP contribution >= 0.6 is 11.6 Å². The molecule has 5 heteroatoms. The molecular formula is C16H16ClN3O. The van der Waals surface area contributed by atoms with E-state index in [0.717, 1.165) is 13.1 Å². The van der Waals surface area contributed by atoms with E-state index in [1.54, 1.807) is 12.3 Å². The van der Waals surface area contributed by atoms with E-state index >= 15 is 0 Å². The molecule has 0 radical (unpaired) electrons. The summed E-state index contributed by atoms with van der Waals surface area (Å²) in [4.78, 5) is 20.5. The Kier molecular flexibility index (Phi) is 4.06. The van der Waals surface area contributed by atoms with Crippen molar-refractivity contribution in [3.8, 4) is 0 Å². The first kappa shape index (κ1) is 13.9. The fourth-order valence-corrected chi connectivity index (χ4v) is 2.73. The van der Waals surface area contributed by atoms with Crippen LogP contribution in [0.4, 0.5) is 5.69 Å². The monoisotopic (exact) mass is 301 g/mol. The molecule has 0 aliphatic carbocycles. The summed E-state index contributed by atoms with van der Waals surface area (Å²) in [6.45, 7) is 3.07. The van der Waals surface area contributed by atoms with Crippen molar-refractivity contribution in [1.82, 2.24) is 9.88 Å². The lowest BCUT2D eigenvalue weighted by Crippen LogP contribution is -2.48. The number of hydrogen-bond acceptors (Lipinski definition) is 3. The number of halogens is 1. The maximum Gasteiger partial charge on any atom is 0.255 e. The number of carbonyl (C=O) groups is 1. The third-order valence-corrected chi connectivity index (χ3v) is 3.99. The van der Waals surface area contributed by atoms with Crippen LogP contribution in [0.5, 0.6) is 0 Å². The van der Waals surface area contributed by atoms with Crippen LogP contribution in [-0.2, 0) is 0 Å². The SMILES string of the molecule is O=C(c1ccncc1Cl)N1CCN(c2ccccc2)CC1. The minimum absolute atomic E-state index is 0.0184. The summed E-state index contributed by atoms with van der Waals surface area (Å²) >= 11 is 6.04. The van der Waals surface area contributed by atoms with Crippen LogP contribution in [0.3, 0.4) is 0 Å². The number of nitrogens with zero attached hydrogens (tertiary/aromatic N) is 3. The number of amides is 1. The number of aromatic nitrogens is 1. The number of pyridine rings is 1. The van der Waals surface area contributed by atoms with Gasteiger partial charge in [0.25, 0.3) is 5.91 Å². The molecule has 1 amide bonds. The zero-order chi connectivity index (χ0) is 14.7. The molecule has 3 rings (SSSR count). The number of para-hydroxylation sites is 1. The first-order chi connectivity index (χ1) is 10.3. The van der Waals surface area contributed by atoms with Crippen molar-refractivity contribution in [3.63, 3.8) is 0 Å². The fourth-order valence-electron chi connectivity index (χ4n) is 2.53. The molecule has 108 valence electrons. The molecular weight excluding hydrogens is 286 g/mol. The maximum atomic E-state index is 12.5. The van der Waals surface area contributed by atoms with Gasteiger partial charge < -0.3 is 9.80 Å². The van der Waals surface area contributed by atoms with Crippen molar-refractivity contribution in [3.05, 3.63) is 59.4 Å². The number of carbonyl (C=O) groups excluding carboxylic acids is 1. The minimum Gasteiger partial charge on any atom is -0.368 e. The van der Waals surface area contributed by atoms with Crippen LogP contribution in [-0.4, -0.2) is 42.0 Å². The van der Waals surface area contributed by atoms with E-state index in [1.165, 1.54) is 11.9 Å². The molecule has 0 bridgehead atoms. The van der Waals surface area contributed by atoms with Crippen LogP contribution in [0.25, 0.3) is 0 Å². The van der Waals surface area contributed by atoms with Crippen molar-refractivity contribution >= 4 is 23.2 Å². The Morgan fingerprint density at radius 3 is 2.43 bits per heavy atom. The number of anilines is 1. The molecule has 1 aromatic carbocycles. The van der Waals surface area contributed by atoms with Crippen LogP contribution < -0.4 is 4.90 Å². The average molecular weight is 302 g/mol. The first-order valence-electron chi connectivity index (χ1n) is 6.94. The summed E-state index contributed by atoms with van der Waals surface area (Å²) in [5.41, 5.74) is 1.73. The lowest BCUT2D eigenvalue weighted by Gasteiger charge is -2.36. The molecule has 1 saturated heterocycles. The van der Waals surface area contributed by atoms with E-state index < -0.39 is 0 Å². The molecule has 2 aromatic rings. The summed E-state index contributed by atoms with van der Waals surface area (Å²) < 4.78 is 0. The number of hydrogen-bond donors (Lipinski definition) is 0. The largest absolute Gasteiger partial charge is 0.368 e. The highest BCUT2D eigenvalue weighted by atomic mass is 35.5. The predicted octanol–water partition coefficient (Wildman–Crippen LogP) is 2.70. The zero-order valence-corrected chi connectivity index (χ0v) is 12.3. The van der Waals surface area contributed by atoms with Crippen molar-refractivity contribution in [2.24, 2.45) is 0 Å². The second kappa shape index (κ2) is 6.14. The summed E-state index contributed by atoms with van der Waals surface area (Å²) in [5, 5.41) is 0.410. The average Bonchev–Trinajstić information content (AvgIpc) is 2.56. The van der Waals surface area contributed by atoms with Gasteiger partial charge in [0.15, 0.2) is 0 Å². The van der Waals surface area contributed by atoms with Gasteiger partial charge >= 0.3 is 0 Å². The number of piperazine rings is 1. The highest BCUT2D eigenvalue weighted by molar-refractivity contribution is 6.33. The highest BCUT2D eigenvalue weighted by Crippen LogP contribution is 2.19. The van der Waals surface area contributed by atoms with Gasteiger partial charge in [0.05, 0.1) is 10.6 Å². The summed E-state index contributed by atoms with van der Waals surface area (Å²) in [7, 11) is 0. The topological polar surface area (TPSA) is 36.4 Å². The van der Waals surface area contributed by atoms with Gasteiger partial charge in [-0.3, -0.25) is 9.78 Å². The first-order valence-corrected chi connectivity index (χ1v) is 7.32. The van der Waals surface area contributed by atoms with E-state index in [1.807, 2.05) is 23.1 Å². The Morgan fingerprint density at radius 1 is 1.05 bits per heavy atom. The predicted molar refractivity (Wildman–Crippen MR) is 83.8 cm³/mol. The third kappa shape index (κ3) is 3.00. The zero-order valence-electron chi connectivity index (χ0n) is 11.6. The Hall–Kier alpha value is -2.07. The molecule has 1 aliphatic rings. The molecule has 21 heavy (non-hydrogen) atoms. The Bertz CT molecular complexity index is 624. The van der Waals surface area contributed by atoms with Crippen molar-refractivity contribution in [2.75, 3.05) is 31.1 Å². The molecule has 2 heterocycles. The van der Waals surface area contributed by atoms with Crippen molar-refractivity contribution < 1.29 is 4.79 Å². The van der Waals surface area contributed by atoms with E-state index in [-0.39, 0.29) is 5.91 Å². The second-order valence-corrected chi connectivity index (χ2v) is 5.38. The molecule has 1 aliphatic heterocycles. The van der Waals surface area contributed by atoms with E-state index in [4.69, 9.17) is 11.6 Å². The molecule has 0 N–H and O–H groups in total. The van der Waals surface area contributed by atoms with Gasteiger partial charge in [0.1, 0.15) is 0 Å². The second-order valence-electron chi connectivity index (χ2n) is 4.97. The third-order valence-electron chi connectivity index (χ3n) is 3.69. The van der Waals surface area contributed by atoms with Crippen LogP contribution in [0.2, 0.25) is 5.02 Å². The van der Waals surface area contributed by atoms with E-state index in [9.17, 15) is 4.79 Å². The van der Waals surface area contributed by atoms with Crippen LogP contribution in [0.15, 0.2) is 48.8 Å². The lowest BCUT2D eigenvalue weighted by molar-refractivity contribution is 0.0747. The normalized spacial score (nSPS) is 15.1. The number of benzene rings is 1. The molecule has 0 spiro atoms.